The summed E-state index contributed by atoms with van der Waals surface area (Å²) in [5.41, 5.74) is 2.10. The van der Waals surface area contributed by atoms with E-state index in [9.17, 15) is 9.18 Å². The molecule has 0 atom stereocenters. The summed E-state index contributed by atoms with van der Waals surface area (Å²) in [7, 11) is 0. The summed E-state index contributed by atoms with van der Waals surface area (Å²) >= 11 is 0. The van der Waals surface area contributed by atoms with Crippen molar-refractivity contribution in [2.75, 3.05) is 5.32 Å². The van der Waals surface area contributed by atoms with Crippen LogP contribution < -0.4 is 10.1 Å². The minimum absolute atomic E-state index is 0.156. The van der Waals surface area contributed by atoms with E-state index < -0.39 is 0 Å². The molecule has 4 rings (SSSR count). The topological polar surface area (TPSA) is 77.2 Å². The van der Waals surface area contributed by atoms with Gasteiger partial charge in [-0.25, -0.2) is 4.39 Å². The predicted molar refractivity (Wildman–Crippen MR) is 106 cm³/mol. The number of amides is 1. The second-order valence-corrected chi connectivity index (χ2v) is 6.27. The molecule has 0 spiro atoms. The molecular weight excluding hydrogens is 373 g/mol. The number of aromatic nitrogens is 2. The van der Waals surface area contributed by atoms with Crippen molar-refractivity contribution in [1.29, 1.82) is 0 Å². The molecular formula is C22H16FN3O3. The number of rotatable bonds is 5. The fraction of sp³-hybridized carbons (Fsp3) is 0.0455. The molecule has 7 heteroatoms. The molecule has 0 aliphatic heterocycles. The number of carbonyl (C=O) groups is 1. The Bertz CT molecular complexity index is 1140. The number of anilines is 1. The standard InChI is InChI=1S/C22H16FN3O3/c1-14(27)24-18-4-2-3-16(13-18)22-25-21(26-29-22)15-5-9-19(10-6-15)28-20-11-7-17(23)8-12-20/h2-13H,1H3,(H,24,27). The molecule has 3 aromatic carbocycles. The van der Waals surface area contributed by atoms with E-state index in [1.54, 1.807) is 54.6 Å². The summed E-state index contributed by atoms with van der Waals surface area (Å²) in [5.74, 6) is 1.45. The third-order valence-corrected chi connectivity index (χ3v) is 4.02. The first-order valence-electron chi connectivity index (χ1n) is 8.82. The molecule has 6 nitrogen and oxygen atoms in total. The summed E-state index contributed by atoms with van der Waals surface area (Å²) in [6.45, 7) is 1.45. The van der Waals surface area contributed by atoms with Gasteiger partial charge in [0.2, 0.25) is 11.7 Å². The third kappa shape index (κ3) is 4.47. The highest BCUT2D eigenvalue weighted by atomic mass is 19.1. The summed E-state index contributed by atoms with van der Waals surface area (Å²) in [6.07, 6.45) is 0. The van der Waals surface area contributed by atoms with Crippen LogP contribution in [0.25, 0.3) is 22.8 Å². The lowest BCUT2D eigenvalue weighted by atomic mass is 10.2. The highest BCUT2D eigenvalue weighted by Crippen LogP contribution is 2.27. The van der Waals surface area contributed by atoms with E-state index in [0.717, 1.165) is 5.56 Å². The summed E-state index contributed by atoms with van der Waals surface area (Å²) in [4.78, 5) is 15.6. The third-order valence-electron chi connectivity index (χ3n) is 4.02. The quantitative estimate of drug-likeness (QED) is 0.502. The Labute approximate surface area is 166 Å². The number of benzene rings is 3. The number of hydrogen-bond donors (Lipinski definition) is 1. The van der Waals surface area contributed by atoms with Crippen molar-refractivity contribution in [3.63, 3.8) is 0 Å². The van der Waals surface area contributed by atoms with Crippen molar-refractivity contribution in [3.8, 4) is 34.3 Å². The van der Waals surface area contributed by atoms with Gasteiger partial charge in [0, 0.05) is 23.7 Å². The van der Waals surface area contributed by atoms with Gasteiger partial charge in [0.1, 0.15) is 17.3 Å². The summed E-state index contributed by atoms with van der Waals surface area (Å²) < 4.78 is 24.0. The van der Waals surface area contributed by atoms with Gasteiger partial charge in [-0.05, 0) is 66.7 Å². The van der Waals surface area contributed by atoms with Crippen molar-refractivity contribution in [2.24, 2.45) is 0 Å². The monoisotopic (exact) mass is 389 g/mol. The van der Waals surface area contributed by atoms with E-state index in [2.05, 4.69) is 15.5 Å². The predicted octanol–water partition coefficient (Wildman–Crippen LogP) is 5.29. The first-order chi connectivity index (χ1) is 14.1. The molecule has 0 unspecified atom stereocenters. The van der Waals surface area contributed by atoms with Crippen molar-refractivity contribution in [1.82, 2.24) is 10.1 Å². The van der Waals surface area contributed by atoms with Gasteiger partial charge in [-0.1, -0.05) is 11.2 Å². The van der Waals surface area contributed by atoms with Crippen molar-refractivity contribution in [3.05, 3.63) is 78.6 Å². The molecule has 0 bridgehead atoms. The number of nitrogens with zero attached hydrogens (tertiary/aromatic N) is 2. The Balaban J connectivity index is 1.51. The SMILES string of the molecule is CC(=O)Nc1cccc(-c2nc(-c3ccc(Oc4ccc(F)cc4)cc3)no2)c1. The average molecular weight is 389 g/mol. The maximum atomic E-state index is 13.0. The van der Waals surface area contributed by atoms with Gasteiger partial charge in [0.15, 0.2) is 0 Å². The first-order valence-corrected chi connectivity index (χ1v) is 8.82. The largest absolute Gasteiger partial charge is 0.457 e. The van der Waals surface area contributed by atoms with Gasteiger partial charge in [-0.15, -0.1) is 0 Å². The Morgan fingerprint density at radius 3 is 2.34 bits per heavy atom. The Kier molecular flexibility index (Phi) is 5.03. The van der Waals surface area contributed by atoms with Crippen LogP contribution in [0, 0.1) is 5.82 Å². The molecule has 0 aliphatic rings. The average Bonchev–Trinajstić information content (AvgIpc) is 3.20. The zero-order valence-corrected chi connectivity index (χ0v) is 15.4. The van der Waals surface area contributed by atoms with Gasteiger partial charge >= 0.3 is 0 Å². The number of hydrogen-bond acceptors (Lipinski definition) is 5. The highest BCUT2D eigenvalue weighted by molar-refractivity contribution is 5.89. The fourth-order valence-electron chi connectivity index (χ4n) is 2.70. The summed E-state index contributed by atoms with van der Waals surface area (Å²) in [5, 5.41) is 6.74. The van der Waals surface area contributed by atoms with Crippen LogP contribution in [-0.4, -0.2) is 16.0 Å². The normalized spacial score (nSPS) is 10.6. The molecule has 0 saturated heterocycles. The summed E-state index contributed by atoms with van der Waals surface area (Å²) in [6, 6.07) is 20.1. The highest BCUT2D eigenvalue weighted by Gasteiger charge is 2.12. The van der Waals surface area contributed by atoms with E-state index in [0.29, 0.717) is 34.5 Å². The van der Waals surface area contributed by atoms with Gasteiger partial charge < -0.3 is 14.6 Å². The van der Waals surface area contributed by atoms with Crippen LogP contribution in [0.4, 0.5) is 10.1 Å². The number of ether oxygens (including phenoxy) is 1. The molecule has 1 N–H and O–H groups in total. The van der Waals surface area contributed by atoms with E-state index in [1.165, 1.54) is 19.1 Å². The zero-order chi connectivity index (χ0) is 20.2. The molecule has 0 fully saturated rings. The van der Waals surface area contributed by atoms with Crippen LogP contribution in [0.15, 0.2) is 77.3 Å². The molecule has 1 heterocycles. The van der Waals surface area contributed by atoms with Crippen LogP contribution >= 0.6 is 0 Å². The van der Waals surface area contributed by atoms with Gasteiger partial charge in [0.05, 0.1) is 0 Å². The fourth-order valence-corrected chi connectivity index (χ4v) is 2.70. The second-order valence-electron chi connectivity index (χ2n) is 6.27. The second kappa shape index (κ2) is 7.93. The smallest absolute Gasteiger partial charge is 0.258 e. The van der Waals surface area contributed by atoms with Gasteiger partial charge in [-0.2, -0.15) is 4.98 Å². The number of nitrogens with one attached hydrogen (secondary N) is 1. The van der Waals surface area contributed by atoms with E-state index >= 15 is 0 Å². The van der Waals surface area contributed by atoms with E-state index in [-0.39, 0.29) is 11.7 Å². The van der Waals surface area contributed by atoms with Gasteiger partial charge in [0.25, 0.3) is 5.89 Å². The number of carbonyl (C=O) groups excluding carboxylic acids is 1. The van der Waals surface area contributed by atoms with Crippen LogP contribution in [-0.2, 0) is 4.79 Å². The molecule has 0 aliphatic carbocycles. The molecule has 4 aromatic rings. The van der Waals surface area contributed by atoms with Crippen molar-refractivity contribution in [2.45, 2.75) is 6.92 Å². The Morgan fingerprint density at radius 2 is 1.66 bits per heavy atom. The molecule has 1 aromatic heterocycles. The van der Waals surface area contributed by atoms with Crippen LogP contribution in [0.2, 0.25) is 0 Å². The minimum atomic E-state index is -0.316. The lowest BCUT2D eigenvalue weighted by Gasteiger charge is -2.05. The zero-order valence-electron chi connectivity index (χ0n) is 15.4. The van der Waals surface area contributed by atoms with Crippen LogP contribution in [0.3, 0.4) is 0 Å². The molecule has 0 radical (unpaired) electrons. The van der Waals surface area contributed by atoms with Gasteiger partial charge in [-0.3, -0.25) is 4.79 Å². The van der Waals surface area contributed by atoms with Crippen LogP contribution in [0.5, 0.6) is 11.5 Å². The van der Waals surface area contributed by atoms with Crippen molar-refractivity contribution >= 4 is 11.6 Å². The lowest BCUT2D eigenvalue weighted by Crippen LogP contribution is -2.05. The molecule has 144 valence electrons. The first kappa shape index (κ1) is 18.4. The Hall–Kier alpha value is -4.00. The Morgan fingerprint density at radius 1 is 0.966 bits per heavy atom. The molecule has 0 saturated carbocycles. The number of halogens is 1. The maximum Gasteiger partial charge on any atom is 0.258 e. The van der Waals surface area contributed by atoms with Crippen molar-refractivity contribution < 1.29 is 18.4 Å². The molecule has 1 amide bonds. The maximum absolute atomic E-state index is 13.0. The minimum Gasteiger partial charge on any atom is -0.457 e. The lowest BCUT2D eigenvalue weighted by molar-refractivity contribution is -0.114. The molecule has 29 heavy (non-hydrogen) atoms. The van der Waals surface area contributed by atoms with E-state index in [4.69, 9.17) is 9.26 Å². The van der Waals surface area contributed by atoms with E-state index in [1.807, 2.05) is 6.07 Å². The van der Waals surface area contributed by atoms with Crippen LogP contribution in [0.1, 0.15) is 6.92 Å².